The molecule has 2 aliphatic heterocycles. The molecule has 0 aromatic heterocycles. The van der Waals surface area contributed by atoms with Crippen LogP contribution in [-0.4, -0.2) is 33.1 Å². The van der Waals surface area contributed by atoms with E-state index in [0.717, 1.165) is 25.7 Å². The number of aliphatic hydroxyl groups excluding tert-OH is 1. The fraction of sp³-hybridized carbons (Fsp3) is 1.00. The van der Waals surface area contributed by atoms with Gasteiger partial charge in [0.05, 0.1) is 22.9 Å². The van der Waals surface area contributed by atoms with Crippen molar-refractivity contribution in [3.63, 3.8) is 0 Å². The fourth-order valence-corrected chi connectivity index (χ4v) is 4.89. The maximum atomic E-state index is 10.8. The minimum absolute atomic E-state index is 0.0380. The zero-order valence-electron chi connectivity index (χ0n) is 11.9. The predicted octanol–water partition coefficient (Wildman–Crippen LogP) is 2.10. The van der Waals surface area contributed by atoms with Crippen molar-refractivity contribution in [2.24, 2.45) is 17.8 Å². The Kier molecular flexibility index (Phi) is 2.51. The van der Waals surface area contributed by atoms with Crippen LogP contribution in [0.15, 0.2) is 0 Å². The van der Waals surface area contributed by atoms with E-state index in [9.17, 15) is 10.2 Å². The highest BCUT2D eigenvalue weighted by atomic mass is 16.5. The molecule has 7 atom stereocenters. The van der Waals surface area contributed by atoms with Crippen LogP contribution >= 0.6 is 0 Å². The molecule has 104 valence electrons. The zero-order valence-corrected chi connectivity index (χ0v) is 11.9. The highest BCUT2D eigenvalue weighted by Crippen LogP contribution is 2.60. The van der Waals surface area contributed by atoms with Gasteiger partial charge < -0.3 is 14.9 Å². The first-order valence-corrected chi connectivity index (χ1v) is 7.31. The van der Waals surface area contributed by atoms with Crippen LogP contribution in [-0.2, 0) is 4.74 Å². The Balaban J connectivity index is 2.06. The van der Waals surface area contributed by atoms with Crippen LogP contribution in [0.4, 0.5) is 0 Å². The molecule has 2 heterocycles. The first-order chi connectivity index (χ1) is 8.21. The Hall–Kier alpha value is -0.120. The molecule has 2 saturated heterocycles. The molecule has 0 aromatic rings. The molecule has 18 heavy (non-hydrogen) atoms. The first kappa shape index (κ1) is 12.9. The lowest BCUT2D eigenvalue weighted by Gasteiger charge is -2.61. The lowest BCUT2D eigenvalue weighted by Crippen LogP contribution is -2.69. The molecule has 3 fully saturated rings. The zero-order chi connectivity index (χ0) is 13.3. The van der Waals surface area contributed by atoms with Gasteiger partial charge in [0.25, 0.3) is 0 Å². The van der Waals surface area contributed by atoms with Crippen molar-refractivity contribution in [2.75, 3.05) is 0 Å². The lowest BCUT2D eigenvalue weighted by atomic mass is 9.60. The summed E-state index contributed by atoms with van der Waals surface area (Å²) in [5.41, 5.74) is -1.40. The summed E-state index contributed by atoms with van der Waals surface area (Å²) < 4.78 is 6.37. The minimum Gasteiger partial charge on any atom is -0.390 e. The molecule has 0 radical (unpaired) electrons. The summed E-state index contributed by atoms with van der Waals surface area (Å²) in [5, 5.41) is 21.4. The summed E-state index contributed by atoms with van der Waals surface area (Å²) in [5.74, 6) is 0.602. The summed E-state index contributed by atoms with van der Waals surface area (Å²) in [7, 11) is 0. The summed E-state index contributed by atoms with van der Waals surface area (Å²) in [6.45, 7) is 8.26. The van der Waals surface area contributed by atoms with Crippen molar-refractivity contribution in [1.29, 1.82) is 0 Å². The van der Waals surface area contributed by atoms with Crippen LogP contribution in [0.3, 0.4) is 0 Å². The number of hydrogen-bond acceptors (Lipinski definition) is 3. The minimum atomic E-state index is -0.743. The molecule has 2 bridgehead atoms. The van der Waals surface area contributed by atoms with Gasteiger partial charge in [-0.05, 0) is 58.3 Å². The highest BCUT2D eigenvalue weighted by molar-refractivity contribution is 5.15. The monoisotopic (exact) mass is 254 g/mol. The van der Waals surface area contributed by atoms with E-state index in [-0.39, 0.29) is 11.5 Å². The summed E-state index contributed by atoms with van der Waals surface area (Å²) in [6.07, 6.45) is 3.35. The van der Waals surface area contributed by atoms with Crippen LogP contribution < -0.4 is 0 Å². The van der Waals surface area contributed by atoms with E-state index in [0.29, 0.717) is 11.8 Å². The van der Waals surface area contributed by atoms with Crippen LogP contribution in [0.1, 0.15) is 53.4 Å². The average Bonchev–Trinajstić information content (AvgIpc) is 2.59. The van der Waals surface area contributed by atoms with E-state index in [1.165, 1.54) is 0 Å². The molecule has 3 aliphatic rings. The van der Waals surface area contributed by atoms with Gasteiger partial charge in [-0.3, -0.25) is 0 Å². The molecular weight excluding hydrogens is 228 g/mol. The molecule has 0 unspecified atom stereocenters. The Labute approximate surface area is 110 Å². The van der Waals surface area contributed by atoms with Crippen LogP contribution in [0.2, 0.25) is 0 Å². The normalized spacial score (nSPS) is 63.7. The predicted molar refractivity (Wildman–Crippen MR) is 69.1 cm³/mol. The van der Waals surface area contributed by atoms with E-state index >= 15 is 0 Å². The summed E-state index contributed by atoms with van der Waals surface area (Å²) in [4.78, 5) is 0. The molecule has 3 rings (SSSR count). The molecule has 1 aliphatic carbocycles. The second kappa shape index (κ2) is 3.50. The van der Waals surface area contributed by atoms with Crippen LogP contribution in [0, 0.1) is 17.8 Å². The maximum absolute atomic E-state index is 10.8. The third kappa shape index (κ3) is 1.41. The maximum Gasteiger partial charge on any atom is 0.0948 e. The average molecular weight is 254 g/mol. The largest absolute Gasteiger partial charge is 0.390 e. The number of rotatable bonds is 0. The van der Waals surface area contributed by atoms with Gasteiger partial charge in [0.1, 0.15) is 0 Å². The molecule has 3 heteroatoms. The van der Waals surface area contributed by atoms with Gasteiger partial charge in [-0.1, -0.05) is 6.92 Å². The Bertz CT molecular complexity index is 367. The molecule has 2 N–H and O–H groups in total. The van der Waals surface area contributed by atoms with Crippen molar-refractivity contribution in [2.45, 2.75) is 76.3 Å². The van der Waals surface area contributed by atoms with Gasteiger partial charge in [0.2, 0.25) is 0 Å². The second-order valence-corrected chi connectivity index (χ2v) is 7.51. The molecule has 1 saturated carbocycles. The highest BCUT2D eigenvalue weighted by Gasteiger charge is 2.66. The summed E-state index contributed by atoms with van der Waals surface area (Å²) >= 11 is 0. The van der Waals surface area contributed by atoms with Crippen molar-refractivity contribution >= 4 is 0 Å². The van der Waals surface area contributed by atoms with Gasteiger partial charge in [-0.2, -0.15) is 0 Å². The Morgan fingerprint density at radius 3 is 2.44 bits per heavy atom. The van der Waals surface area contributed by atoms with Crippen molar-refractivity contribution < 1.29 is 14.9 Å². The van der Waals surface area contributed by atoms with Crippen LogP contribution in [0.5, 0.6) is 0 Å². The number of fused-ring (bicyclic) bond motifs is 4. The molecular formula is C15H26O3. The van der Waals surface area contributed by atoms with E-state index in [4.69, 9.17) is 4.74 Å². The standard InChI is InChI=1S/C15H26O3/c1-9-5-8-14(3)10-6-7-13(2,17)11(10)12(16)15(9,4)18-14/h9-12,16-17H,5-8H2,1-4H3/t9-,10+,11+,12-,13-,14+,15-/m0/s1. The molecule has 3 nitrogen and oxygen atoms in total. The van der Waals surface area contributed by atoms with Gasteiger partial charge in [0.15, 0.2) is 0 Å². The lowest BCUT2D eigenvalue weighted by molar-refractivity contribution is -0.317. The molecule has 0 spiro atoms. The third-order valence-corrected chi connectivity index (χ3v) is 6.33. The number of aliphatic hydroxyl groups is 2. The van der Waals surface area contributed by atoms with Gasteiger partial charge in [-0.15, -0.1) is 0 Å². The summed E-state index contributed by atoms with van der Waals surface area (Å²) in [6, 6.07) is 0. The van der Waals surface area contributed by atoms with Gasteiger partial charge in [-0.25, -0.2) is 0 Å². The fourth-order valence-electron chi connectivity index (χ4n) is 4.89. The molecule has 0 aromatic carbocycles. The molecule has 0 amide bonds. The first-order valence-electron chi connectivity index (χ1n) is 7.31. The van der Waals surface area contributed by atoms with Crippen molar-refractivity contribution in [3.05, 3.63) is 0 Å². The van der Waals surface area contributed by atoms with Gasteiger partial charge >= 0.3 is 0 Å². The number of hydrogen-bond donors (Lipinski definition) is 2. The van der Waals surface area contributed by atoms with E-state index in [1.807, 2.05) is 13.8 Å². The topological polar surface area (TPSA) is 49.7 Å². The smallest absolute Gasteiger partial charge is 0.0948 e. The van der Waals surface area contributed by atoms with Crippen molar-refractivity contribution in [1.82, 2.24) is 0 Å². The van der Waals surface area contributed by atoms with E-state index in [2.05, 4.69) is 13.8 Å². The van der Waals surface area contributed by atoms with Gasteiger partial charge in [0, 0.05) is 5.92 Å². The van der Waals surface area contributed by atoms with E-state index < -0.39 is 17.3 Å². The Morgan fingerprint density at radius 2 is 1.78 bits per heavy atom. The quantitative estimate of drug-likeness (QED) is 0.696. The van der Waals surface area contributed by atoms with E-state index in [1.54, 1.807) is 0 Å². The Morgan fingerprint density at radius 1 is 1.11 bits per heavy atom. The third-order valence-electron chi connectivity index (χ3n) is 6.33. The SMILES string of the molecule is C[C@H]1CC[C@@]2(C)O[C@]1(C)[C@@H](O)[C@H]1[C@H]2CC[C@]1(C)O. The second-order valence-electron chi connectivity index (χ2n) is 7.51. The number of ether oxygens (including phenoxy) is 1. The van der Waals surface area contributed by atoms with Crippen molar-refractivity contribution in [3.8, 4) is 0 Å². The van der Waals surface area contributed by atoms with Crippen LogP contribution in [0.25, 0.3) is 0 Å².